The predicted molar refractivity (Wildman–Crippen MR) is 108 cm³/mol. The van der Waals surface area contributed by atoms with Crippen LogP contribution in [0.1, 0.15) is 15.4 Å². The summed E-state index contributed by atoms with van der Waals surface area (Å²) in [4.78, 5) is 17.7. The molecule has 3 aromatic carbocycles. The van der Waals surface area contributed by atoms with Crippen molar-refractivity contribution in [3.63, 3.8) is 0 Å². The average molecular weight is 377 g/mol. The van der Waals surface area contributed by atoms with E-state index >= 15 is 0 Å². The molecule has 0 radical (unpaired) electrons. The van der Waals surface area contributed by atoms with E-state index in [0.717, 1.165) is 16.5 Å². The molecule has 1 heterocycles. The van der Waals surface area contributed by atoms with Crippen LogP contribution in [0.25, 0.3) is 10.8 Å². The minimum atomic E-state index is -0.300. The SMILES string of the molecule is Cc1nc(Nc2ccc(F)cc2)sc1C(=O)Nc1cccc2ccccc12. The third-order valence-electron chi connectivity index (χ3n) is 4.14. The number of fused-ring (bicyclic) bond motifs is 1. The van der Waals surface area contributed by atoms with E-state index in [1.54, 1.807) is 19.1 Å². The fourth-order valence-corrected chi connectivity index (χ4v) is 3.71. The molecule has 27 heavy (non-hydrogen) atoms. The first-order chi connectivity index (χ1) is 13.1. The summed E-state index contributed by atoms with van der Waals surface area (Å²) in [5.74, 6) is -0.500. The van der Waals surface area contributed by atoms with Crippen molar-refractivity contribution in [2.24, 2.45) is 0 Å². The largest absolute Gasteiger partial charge is 0.332 e. The molecule has 0 unspecified atom stereocenters. The van der Waals surface area contributed by atoms with E-state index in [1.165, 1.54) is 23.5 Å². The lowest BCUT2D eigenvalue weighted by Crippen LogP contribution is -2.11. The standard InChI is InChI=1S/C21H16FN3OS/c1-13-19(27-21(23-13)24-16-11-9-15(22)10-12-16)20(26)25-18-8-4-6-14-5-2-3-7-17(14)18/h2-12H,1H3,(H,23,24)(H,25,26). The van der Waals surface area contributed by atoms with E-state index < -0.39 is 0 Å². The number of hydrogen-bond donors (Lipinski definition) is 2. The number of carbonyl (C=O) groups excluding carboxylic acids is 1. The molecule has 0 aliphatic rings. The van der Waals surface area contributed by atoms with E-state index in [1.807, 2.05) is 42.5 Å². The highest BCUT2D eigenvalue weighted by Gasteiger charge is 2.16. The minimum Gasteiger partial charge on any atom is -0.332 e. The summed E-state index contributed by atoms with van der Waals surface area (Å²) in [7, 11) is 0. The van der Waals surface area contributed by atoms with Gasteiger partial charge in [0.1, 0.15) is 10.7 Å². The monoisotopic (exact) mass is 377 g/mol. The van der Waals surface area contributed by atoms with E-state index in [4.69, 9.17) is 0 Å². The topological polar surface area (TPSA) is 54.0 Å². The Labute approximate surface area is 159 Å². The number of nitrogens with one attached hydrogen (secondary N) is 2. The maximum Gasteiger partial charge on any atom is 0.267 e. The van der Waals surface area contributed by atoms with E-state index in [2.05, 4.69) is 15.6 Å². The first-order valence-corrected chi connectivity index (χ1v) is 9.21. The lowest BCUT2D eigenvalue weighted by atomic mass is 10.1. The third kappa shape index (κ3) is 3.66. The van der Waals surface area contributed by atoms with Crippen LogP contribution in [0.5, 0.6) is 0 Å². The number of halogens is 1. The molecule has 0 aliphatic carbocycles. The zero-order valence-electron chi connectivity index (χ0n) is 14.5. The molecular weight excluding hydrogens is 361 g/mol. The minimum absolute atomic E-state index is 0.200. The normalized spacial score (nSPS) is 10.7. The van der Waals surface area contributed by atoms with Crippen LogP contribution in [0, 0.1) is 12.7 Å². The van der Waals surface area contributed by atoms with Crippen LogP contribution in [-0.4, -0.2) is 10.9 Å². The first-order valence-electron chi connectivity index (χ1n) is 8.39. The Morgan fingerprint density at radius 3 is 2.56 bits per heavy atom. The highest BCUT2D eigenvalue weighted by Crippen LogP contribution is 2.28. The van der Waals surface area contributed by atoms with Crippen molar-refractivity contribution in [2.45, 2.75) is 6.92 Å². The van der Waals surface area contributed by atoms with Crippen molar-refractivity contribution >= 4 is 44.5 Å². The van der Waals surface area contributed by atoms with Gasteiger partial charge in [-0.05, 0) is 42.6 Å². The van der Waals surface area contributed by atoms with Gasteiger partial charge in [-0.25, -0.2) is 9.37 Å². The lowest BCUT2D eigenvalue weighted by molar-refractivity contribution is 0.103. The summed E-state index contributed by atoms with van der Waals surface area (Å²) in [6, 6.07) is 19.7. The number of aryl methyl sites for hydroxylation is 1. The number of nitrogens with zero attached hydrogens (tertiary/aromatic N) is 1. The van der Waals surface area contributed by atoms with Crippen LogP contribution in [0.15, 0.2) is 66.7 Å². The van der Waals surface area contributed by atoms with Crippen molar-refractivity contribution in [1.82, 2.24) is 4.98 Å². The summed E-state index contributed by atoms with van der Waals surface area (Å²) < 4.78 is 13.0. The van der Waals surface area contributed by atoms with Gasteiger partial charge < -0.3 is 10.6 Å². The van der Waals surface area contributed by atoms with E-state index in [-0.39, 0.29) is 11.7 Å². The van der Waals surface area contributed by atoms with Crippen LogP contribution in [-0.2, 0) is 0 Å². The summed E-state index contributed by atoms with van der Waals surface area (Å²) in [6.07, 6.45) is 0. The molecule has 0 aliphatic heterocycles. The molecule has 1 aromatic heterocycles. The highest BCUT2D eigenvalue weighted by molar-refractivity contribution is 7.17. The Hall–Kier alpha value is -3.25. The second-order valence-electron chi connectivity index (χ2n) is 6.05. The van der Waals surface area contributed by atoms with E-state index in [0.29, 0.717) is 21.4 Å². The van der Waals surface area contributed by atoms with Gasteiger partial charge in [0.2, 0.25) is 0 Å². The van der Waals surface area contributed by atoms with Crippen LogP contribution < -0.4 is 10.6 Å². The van der Waals surface area contributed by atoms with Gasteiger partial charge in [0, 0.05) is 16.8 Å². The van der Waals surface area contributed by atoms with Crippen LogP contribution in [0.4, 0.5) is 20.9 Å². The van der Waals surface area contributed by atoms with Crippen LogP contribution >= 0.6 is 11.3 Å². The molecular formula is C21H16FN3OS. The van der Waals surface area contributed by atoms with E-state index in [9.17, 15) is 9.18 Å². The van der Waals surface area contributed by atoms with Gasteiger partial charge >= 0.3 is 0 Å². The van der Waals surface area contributed by atoms with Gasteiger partial charge in [-0.15, -0.1) is 0 Å². The molecule has 4 rings (SSSR count). The molecule has 2 N–H and O–H groups in total. The Balaban J connectivity index is 1.57. The van der Waals surface area contributed by atoms with Gasteiger partial charge in [0.25, 0.3) is 5.91 Å². The van der Waals surface area contributed by atoms with Crippen molar-refractivity contribution in [1.29, 1.82) is 0 Å². The second-order valence-corrected chi connectivity index (χ2v) is 7.05. The molecule has 0 atom stereocenters. The summed E-state index contributed by atoms with van der Waals surface area (Å²) in [5, 5.41) is 8.72. The van der Waals surface area contributed by atoms with Crippen molar-refractivity contribution < 1.29 is 9.18 Å². The number of benzene rings is 3. The number of hydrogen-bond acceptors (Lipinski definition) is 4. The van der Waals surface area contributed by atoms with Crippen molar-refractivity contribution in [3.8, 4) is 0 Å². The second kappa shape index (κ2) is 7.17. The highest BCUT2D eigenvalue weighted by atomic mass is 32.1. The van der Waals surface area contributed by atoms with Crippen LogP contribution in [0.2, 0.25) is 0 Å². The number of amides is 1. The molecule has 134 valence electrons. The Kier molecular flexibility index (Phi) is 4.56. The molecule has 4 nitrogen and oxygen atoms in total. The molecule has 0 spiro atoms. The number of anilines is 3. The summed E-state index contributed by atoms with van der Waals surface area (Å²) in [6.45, 7) is 1.80. The Morgan fingerprint density at radius 1 is 1.00 bits per heavy atom. The maximum absolute atomic E-state index is 13.0. The van der Waals surface area contributed by atoms with Gasteiger partial charge in [-0.2, -0.15) is 0 Å². The molecule has 0 saturated heterocycles. The quantitative estimate of drug-likeness (QED) is 0.477. The molecule has 6 heteroatoms. The summed E-state index contributed by atoms with van der Waals surface area (Å²) >= 11 is 1.26. The number of rotatable bonds is 4. The van der Waals surface area contributed by atoms with Gasteiger partial charge in [0.05, 0.1) is 5.69 Å². The zero-order valence-corrected chi connectivity index (χ0v) is 15.3. The molecule has 0 bridgehead atoms. The molecule has 1 amide bonds. The number of aromatic nitrogens is 1. The molecule has 0 saturated carbocycles. The van der Waals surface area contributed by atoms with Gasteiger partial charge in [0.15, 0.2) is 5.13 Å². The molecule has 0 fully saturated rings. The smallest absolute Gasteiger partial charge is 0.267 e. The first kappa shape index (κ1) is 17.2. The number of thiazole rings is 1. The lowest BCUT2D eigenvalue weighted by Gasteiger charge is -2.08. The van der Waals surface area contributed by atoms with Gasteiger partial charge in [-0.3, -0.25) is 4.79 Å². The fraction of sp³-hybridized carbons (Fsp3) is 0.0476. The van der Waals surface area contributed by atoms with Crippen LogP contribution in [0.3, 0.4) is 0 Å². The third-order valence-corrected chi connectivity index (χ3v) is 5.21. The van der Waals surface area contributed by atoms with Crippen molar-refractivity contribution in [2.75, 3.05) is 10.6 Å². The number of carbonyl (C=O) groups is 1. The molecule has 4 aromatic rings. The zero-order chi connectivity index (χ0) is 18.8. The van der Waals surface area contributed by atoms with Crippen molar-refractivity contribution in [3.05, 3.63) is 83.1 Å². The summed E-state index contributed by atoms with van der Waals surface area (Å²) in [5.41, 5.74) is 2.12. The fourth-order valence-electron chi connectivity index (χ4n) is 2.83. The Bertz CT molecular complexity index is 1120. The Morgan fingerprint density at radius 2 is 1.74 bits per heavy atom. The van der Waals surface area contributed by atoms with Gasteiger partial charge in [-0.1, -0.05) is 47.7 Å². The average Bonchev–Trinajstić information content (AvgIpc) is 3.04. The predicted octanol–water partition coefficient (Wildman–Crippen LogP) is 5.74. The maximum atomic E-state index is 13.0.